The summed E-state index contributed by atoms with van der Waals surface area (Å²) in [5, 5.41) is 10.5. The smallest absolute Gasteiger partial charge is 0.126 e. The first-order chi connectivity index (χ1) is 9.49. The molecule has 1 N–H and O–H groups in total. The van der Waals surface area contributed by atoms with Gasteiger partial charge in [-0.05, 0) is 48.7 Å². The molecule has 4 heteroatoms. The summed E-state index contributed by atoms with van der Waals surface area (Å²) in [5.41, 5.74) is 2.22. The molecule has 106 valence electrons. The first kappa shape index (κ1) is 15.4. The van der Waals surface area contributed by atoms with E-state index in [1.807, 2.05) is 24.3 Å². The molecule has 1 atom stereocenters. The molecule has 0 radical (unpaired) electrons. The van der Waals surface area contributed by atoms with Crippen molar-refractivity contribution in [1.29, 1.82) is 0 Å². The fourth-order valence-electron chi connectivity index (χ4n) is 1.89. The summed E-state index contributed by atoms with van der Waals surface area (Å²) >= 11 is 7.68. The molecule has 0 saturated heterocycles. The molecule has 0 bridgehead atoms. The Morgan fingerprint density at radius 3 is 2.65 bits per heavy atom. The Kier molecular flexibility index (Phi) is 5.08. The molecule has 0 aliphatic heterocycles. The molecule has 0 aliphatic carbocycles. The van der Waals surface area contributed by atoms with Crippen LogP contribution >= 0.6 is 23.4 Å². The van der Waals surface area contributed by atoms with Crippen LogP contribution in [0, 0.1) is 12.7 Å². The molecule has 0 heterocycles. The summed E-state index contributed by atoms with van der Waals surface area (Å²) in [6.07, 6.45) is -0.696. The van der Waals surface area contributed by atoms with Gasteiger partial charge in [0.05, 0.1) is 6.10 Å². The highest BCUT2D eigenvalue weighted by Crippen LogP contribution is 2.33. The molecular weight excluding hydrogens is 295 g/mol. The summed E-state index contributed by atoms with van der Waals surface area (Å²) < 4.78 is 13.6. The van der Waals surface area contributed by atoms with Crippen LogP contribution in [-0.2, 0) is 5.75 Å². The monoisotopic (exact) mass is 310 g/mol. The molecule has 0 amide bonds. The van der Waals surface area contributed by atoms with E-state index in [-0.39, 0.29) is 5.82 Å². The lowest BCUT2D eigenvalue weighted by molar-refractivity contribution is 0.196. The predicted molar refractivity (Wildman–Crippen MR) is 82.8 cm³/mol. The maximum Gasteiger partial charge on any atom is 0.126 e. The first-order valence-corrected chi connectivity index (χ1v) is 7.69. The Hall–Kier alpha value is -1.03. The fourth-order valence-corrected chi connectivity index (χ4v) is 3.39. The molecule has 0 spiro atoms. The van der Waals surface area contributed by atoms with E-state index in [4.69, 9.17) is 11.6 Å². The van der Waals surface area contributed by atoms with Gasteiger partial charge in [0.25, 0.3) is 0 Å². The SMILES string of the molecule is Cc1cc(SCc2ccccc2Cl)c(C(C)O)cc1F. The zero-order chi connectivity index (χ0) is 14.7. The summed E-state index contributed by atoms with van der Waals surface area (Å²) in [4.78, 5) is 0.888. The lowest BCUT2D eigenvalue weighted by Crippen LogP contribution is -1.98. The summed E-state index contributed by atoms with van der Waals surface area (Å²) in [5.74, 6) is 0.396. The maximum absolute atomic E-state index is 13.6. The normalized spacial score (nSPS) is 12.4. The minimum absolute atomic E-state index is 0.289. The van der Waals surface area contributed by atoms with Crippen molar-refractivity contribution in [2.24, 2.45) is 0 Å². The number of benzene rings is 2. The second-order valence-electron chi connectivity index (χ2n) is 4.70. The Balaban J connectivity index is 2.25. The van der Waals surface area contributed by atoms with Gasteiger partial charge in [-0.2, -0.15) is 0 Å². The number of aliphatic hydroxyl groups is 1. The number of hydrogen-bond acceptors (Lipinski definition) is 2. The van der Waals surface area contributed by atoms with Crippen molar-refractivity contribution >= 4 is 23.4 Å². The second kappa shape index (κ2) is 6.61. The standard InChI is InChI=1S/C16H16ClFOS/c1-10-7-16(13(11(2)19)8-15(10)18)20-9-12-5-3-4-6-14(12)17/h3-8,11,19H,9H2,1-2H3. The van der Waals surface area contributed by atoms with Gasteiger partial charge in [-0.15, -0.1) is 11.8 Å². The lowest BCUT2D eigenvalue weighted by atomic mass is 10.1. The summed E-state index contributed by atoms with van der Waals surface area (Å²) in [6.45, 7) is 3.37. The highest BCUT2D eigenvalue weighted by molar-refractivity contribution is 7.98. The summed E-state index contributed by atoms with van der Waals surface area (Å²) in [6, 6.07) is 10.8. The fraction of sp³-hybridized carbons (Fsp3) is 0.250. The minimum atomic E-state index is -0.696. The number of rotatable bonds is 4. The van der Waals surface area contributed by atoms with Crippen LogP contribution in [0.4, 0.5) is 4.39 Å². The van der Waals surface area contributed by atoms with Gasteiger partial charge in [0.2, 0.25) is 0 Å². The van der Waals surface area contributed by atoms with Gasteiger partial charge in [-0.1, -0.05) is 29.8 Å². The number of thioether (sulfide) groups is 1. The highest BCUT2D eigenvalue weighted by Gasteiger charge is 2.13. The highest BCUT2D eigenvalue weighted by atomic mass is 35.5. The van der Waals surface area contributed by atoms with Crippen LogP contribution < -0.4 is 0 Å². The van der Waals surface area contributed by atoms with Crippen LogP contribution in [0.2, 0.25) is 5.02 Å². The van der Waals surface area contributed by atoms with Crippen LogP contribution in [-0.4, -0.2) is 5.11 Å². The van der Waals surface area contributed by atoms with E-state index < -0.39 is 6.10 Å². The van der Waals surface area contributed by atoms with E-state index in [1.54, 1.807) is 31.7 Å². The minimum Gasteiger partial charge on any atom is -0.389 e. The van der Waals surface area contributed by atoms with Crippen LogP contribution in [0.25, 0.3) is 0 Å². The van der Waals surface area contributed by atoms with E-state index in [9.17, 15) is 9.50 Å². The Morgan fingerprint density at radius 1 is 1.30 bits per heavy atom. The van der Waals surface area contributed by atoms with Crippen LogP contribution in [0.15, 0.2) is 41.3 Å². The number of hydrogen-bond donors (Lipinski definition) is 1. The van der Waals surface area contributed by atoms with Gasteiger partial charge >= 0.3 is 0 Å². The molecule has 0 fully saturated rings. The number of aryl methyl sites for hydroxylation is 1. The lowest BCUT2D eigenvalue weighted by Gasteiger charge is -2.14. The van der Waals surface area contributed by atoms with Gasteiger partial charge in [0, 0.05) is 15.7 Å². The largest absolute Gasteiger partial charge is 0.389 e. The quantitative estimate of drug-likeness (QED) is 0.790. The van der Waals surface area contributed by atoms with E-state index in [0.717, 1.165) is 15.5 Å². The third kappa shape index (κ3) is 3.54. The van der Waals surface area contributed by atoms with Gasteiger partial charge in [-0.3, -0.25) is 0 Å². The molecule has 2 aromatic carbocycles. The van der Waals surface area contributed by atoms with E-state index in [0.29, 0.717) is 16.9 Å². The van der Waals surface area contributed by atoms with Crippen LogP contribution in [0.5, 0.6) is 0 Å². The third-order valence-electron chi connectivity index (χ3n) is 3.08. The molecule has 0 aliphatic rings. The average Bonchev–Trinajstić information content (AvgIpc) is 2.41. The zero-order valence-corrected chi connectivity index (χ0v) is 12.9. The van der Waals surface area contributed by atoms with Crippen molar-refractivity contribution in [1.82, 2.24) is 0 Å². The van der Waals surface area contributed by atoms with Gasteiger partial charge in [0.15, 0.2) is 0 Å². The second-order valence-corrected chi connectivity index (χ2v) is 6.12. The molecule has 0 saturated carbocycles. The number of halogens is 2. The van der Waals surface area contributed by atoms with Crippen molar-refractivity contribution in [3.8, 4) is 0 Å². The molecule has 2 aromatic rings. The average molecular weight is 311 g/mol. The number of aliphatic hydroxyl groups excluding tert-OH is 1. The summed E-state index contributed by atoms with van der Waals surface area (Å²) in [7, 11) is 0. The Morgan fingerprint density at radius 2 is 2.00 bits per heavy atom. The molecule has 2 rings (SSSR count). The van der Waals surface area contributed by atoms with Crippen LogP contribution in [0.3, 0.4) is 0 Å². The van der Waals surface area contributed by atoms with Gasteiger partial charge in [0.1, 0.15) is 5.82 Å². The maximum atomic E-state index is 13.6. The van der Waals surface area contributed by atoms with E-state index >= 15 is 0 Å². The van der Waals surface area contributed by atoms with Gasteiger partial charge in [-0.25, -0.2) is 4.39 Å². The predicted octanol–water partition coefficient (Wildman–Crippen LogP) is 5.13. The van der Waals surface area contributed by atoms with Crippen molar-refractivity contribution in [2.45, 2.75) is 30.6 Å². The third-order valence-corrected chi connectivity index (χ3v) is 4.57. The van der Waals surface area contributed by atoms with E-state index in [2.05, 4.69) is 0 Å². The van der Waals surface area contributed by atoms with E-state index in [1.165, 1.54) is 6.07 Å². The zero-order valence-electron chi connectivity index (χ0n) is 11.4. The molecule has 1 nitrogen and oxygen atoms in total. The van der Waals surface area contributed by atoms with Crippen molar-refractivity contribution in [2.75, 3.05) is 0 Å². The topological polar surface area (TPSA) is 20.2 Å². The first-order valence-electron chi connectivity index (χ1n) is 6.33. The molecular formula is C16H16ClFOS. The van der Waals surface area contributed by atoms with Gasteiger partial charge < -0.3 is 5.11 Å². The van der Waals surface area contributed by atoms with Crippen molar-refractivity contribution in [3.63, 3.8) is 0 Å². The molecule has 1 unspecified atom stereocenters. The van der Waals surface area contributed by atoms with Crippen molar-refractivity contribution < 1.29 is 9.50 Å². The molecule has 0 aromatic heterocycles. The Labute approximate surface area is 127 Å². The molecule has 20 heavy (non-hydrogen) atoms. The van der Waals surface area contributed by atoms with Crippen molar-refractivity contribution in [3.05, 3.63) is 63.9 Å². The Bertz CT molecular complexity index is 613. The van der Waals surface area contributed by atoms with Crippen LogP contribution in [0.1, 0.15) is 29.7 Å².